The Labute approximate surface area is 149 Å². The van der Waals surface area contributed by atoms with Crippen molar-refractivity contribution in [1.82, 2.24) is 4.98 Å². The van der Waals surface area contributed by atoms with E-state index >= 15 is 0 Å². The fourth-order valence-electron chi connectivity index (χ4n) is 1.32. The molecule has 0 unspecified atom stereocenters. The molecule has 1 saturated carbocycles. The minimum Gasteiger partial charge on any atom is -1.00 e. The summed E-state index contributed by atoms with van der Waals surface area (Å²) in [7, 11) is 0. The standard InChI is InChI=1S/C10H10ClNO2S.K.H/c11-9-7(14-8(13)5-15)3-4-12-10(9)6-1-2-6;;/h3-4,6,15H,1-2,5H2;;/q;+1;-1. The van der Waals surface area contributed by atoms with Gasteiger partial charge in [-0.1, -0.05) is 11.6 Å². The van der Waals surface area contributed by atoms with E-state index in [1.165, 1.54) is 0 Å². The van der Waals surface area contributed by atoms with Gasteiger partial charge in [-0.25, -0.2) is 0 Å². The zero-order valence-corrected chi connectivity index (χ0v) is 13.7. The number of carbonyl (C=O) groups excluding carboxylic acids is 1. The van der Waals surface area contributed by atoms with Crippen LogP contribution in [0.2, 0.25) is 5.02 Å². The van der Waals surface area contributed by atoms with Gasteiger partial charge in [0.2, 0.25) is 0 Å². The normalized spacial score (nSPS) is 14.1. The Hall–Kier alpha value is 0.896. The molecule has 16 heavy (non-hydrogen) atoms. The van der Waals surface area contributed by atoms with Crippen molar-refractivity contribution in [3.63, 3.8) is 0 Å². The van der Waals surface area contributed by atoms with Gasteiger partial charge in [0.05, 0.1) is 11.4 Å². The van der Waals surface area contributed by atoms with Crippen LogP contribution in [0.15, 0.2) is 12.3 Å². The second kappa shape index (κ2) is 6.73. The SMILES string of the molecule is O=C(CS)Oc1ccnc(C2CC2)c1Cl.[H-].[K+]. The van der Waals surface area contributed by atoms with Crippen LogP contribution in [0.1, 0.15) is 25.9 Å². The molecule has 1 aromatic heterocycles. The molecule has 0 radical (unpaired) electrons. The van der Waals surface area contributed by atoms with Crippen LogP contribution in [0, 0.1) is 0 Å². The topological polar surface area (TPSA) is 39.2 Å². The summed E-state index contributed by atoms with van der Waals surface area (Å²) >= 11 is 9.91. The van der Waals surface area contributed by atoms with Crippen molar-refractivity contribution < 1.29 is 62.3 Å². The monoisotopic (exact) mass is 283 g/mol. The summed E-state index contributed by atoms with van der Waals surface area (Å²) in [5.41, 5.74) is 0.834. The molecule has 1 aromatic rings. The van der Waals surface area contributed by atoms with E-state index in [0.29, 0.717) is 16.7 Å². The first-order chi connectivity index (χ1) is 7.22. The van der Waals surface area contributed by atoms with Crippen LogP contribution in [0.3, 0.4) is 0 Å². The van der Waals surface area contributed by atoms with Gasteiger partial charge < -0.3 is 6.16 Å². The van der Waals surface area contributed by atoms with E-state index in [9.17, 15) is 4.79 Å². The summed E-state index contributed by atoms with van der Waals surface area (Å²) in [5.74, 6) is 0.449. The Kier molecular flexibility index (Phi) is 6.29. The molecule has 1 fully saturated rings. The smallest absolute Gasteiger partial charge is 1.00 e. The average molecular weight is 284 g/mol. The molecule has 0 aromatic carbocycles. The van der Waals surface area contributed by atoms with Crippen molar-refractivity contribution in [2.45, 2.75) is 18.8 Å². The van der Waals surface area contributed by atoms with Gasteiger partial charge in [0.25, 0.3) is 0 Å². The Morgan fingerprint density at radius 2 is 2.38 bits per heavy atom. The van der Waals surface area contributed by atoms with E-state index in [4.69, 9.17) is 16.3 Å². The van der Waals surface area contributed by atoms with Gasteiger partial charge in [-0.3, -0.25) is 9.78 Å². The number of rotatable bonds is 3. The van der Waals surface area contributed by atoms with Crippen LogP contribution in [-0.4, -0.2) is 16.7 Å². The number of aromatic nitrogens is 1. The van der Waals surface area contributed by atoms with Gasteiger partial charge in [0.1, 0.15) is 5.02 Å². The van der Waals surface area contributed by atoms with Crippen LogP contribution < -0.4 is 56.1 Å². The number of carbonyl (C=O) groups is 1. The summed E-state index contributed by atoms with van der Waals surface area (Å²) in [6, 6.07) is 1.59. The Bertz CT molecular complexity index is 404. The maximum absolute atomic E-state index is 11.1. The van der Waals surface area contributed by atoms with E-state index in [1.54, 1.807) is 12.3 Å². The zero-order chi connectivity index (χ0) is 10.8. The minimum absolute atomic E-state index is 0. The summed E-state index contributed by atoms with van der Waals surface area (Å²) in [4.78, 5) is 15.2. The van der Waals surface area contributed by atoms with Crippen LogP contribution in [0.5, 0.6) is 5.75 Å². The average Bonchev–Trinajstić information content (AvgIpc) is 3.04. The van der Waals surface area contributed by atoms with Gasteiger partial charge in [-0.05, 0) is 12.8 Å². The summed E-state index contributed by atoms with van der Waals surface area (Å²) in [6.45, 7) is 0. The Morgan fingerprint density at radius 1 is 1.69 bits per heavy atom. The number of halogens is 1. The van der Waals surface area contributed by atoms with Gasteiger partial charge in [0, 0.05) is 18.2 Å². The van der Waals surface area contributed by atoms with Gasteiger partial charge in [0.15, 0.2) is 5.75 Å². The molecule has 0 aliphatic heterocycles. The van der Waals surface area contributed by atoms with Crippen LogP contribution in [-0.2, 0) is 4.79 Å². The molecule has 2 rings (SSSR count). The van der Waals surface area contributed by atoms with Crippen LogP contribution in [0.25, 0.3) is 0 Å². The summed E-state index contributed by atoms with van der Waals surface area (Å²) < 4.78 is 5.03. The molecule has 82 valence electrons. The second-order valence-electron chi connectivity index (χ2n) is 3.41. The van der Waals surface area contributed by atoms with Crippen molar-refractivity contribution in [2.75, 3.05) is 5.75 Å². The fraction of sp³-hybridized carbons (Fsp3) is 0.400. The van der Waals surface area contributed by atoms with Crippen LogP contribution >= 0.6 is 24.2 Å². The Balaban J connectivity index is 0.00000128. The van der Waals surface area contributed by atoms with Crippen molar-refractivity contribution in [3.8, 4) is 5.75 Å². The van der Waals surface area contributed by atoms with Crippen LogP contribution in [0.4, 0.5) is 0 Å². The predicted octanol–water partition coefficient (Wildman–Crippen LogP) is -0.436. The van der Waals surface area contributed by atoms with Gasteiger partial charge >= 0.3 is 57.4 Å². The first-order valence-corrected chi connectivity index (χ1v) is 5.69. The third-order valence-corrected chi connectivity index (χ3v) is 2.84. The Morgan fingerprint density at radius 3 is 2.94 bits per heavy atom. The van der Waals surface area contributed by atoms with E-state index in [1.807, 2.05) is 0 Å². The first-order valence-electron chi connectivity index (χ1n) is 4.68. The molecule has 0 bridgehead atoms. The number of nitrogens with zero attached hydrogens (tertiary/aromatic N) is 1. The van der Waals surface area contributed by atoms with Crippen molar-refractivity contribution in [1.29, 1.82) is 0 Å². The quantitative estimate of drug-likeness (QED) is 0.465. The molecule has 3 nitrogen and oxygen atoms in total. The number of thiol groups is 1. The van der Waals surface area contributed by atoms with E-state index in [2.05, 4.69) is 17.6 Å². The molecule has 0 saturated heterocycles. The molecular formula is C10H11ClKNO2S. The minimum atomic E-state index is -0.409. The largest absolute Gasteiger partial charge is 1.00 e. The van der Waals surface area contributed by atoms with E-state index in [-0.39, 0.29) is 58.6 Å². The zero-order valence-electron chi connectivity index (χ0n) is 9.94. The molecule has 6 heteroatoms. The number of ether oxygens (including phenoxy) is 1. The van der Waals surface area contributed by atoms with Crippen molar-refractivity contribution in [2.24, 2.45) is 0 Å². The van der Waals surface area contributed by atoms with Gasteiger partial charge in [-0.2, -0.15) is 12.6 Å². The maximum atomic E-state index is 11.1. The molecule has 0 N–H and O–H groups in total. The summed E-state index contributed by atoms with van der Waals surface area (Å²) in [6.07, 6.45) is 3.83. The molecular weight excluding hydrogens is 273 g/mol. The molecule has 1 aliphatic carbocycles. The number of hydrogen-bond donors (Lipinski definition) is 1. The first kappa shape index (κ1) is 15.0. The fourth-order valence-corrected chi connectivity index (χ4v) is 1.69. The number of pyridine rings is 1. The van der Waals surface area contributed by atoms with Gasteiger partial charge in [-0.15, -0.1) is 0 Å². The number of esters is 1. The number of hydrogen-bond acceptors (Lipinski definition) is 4. The van der Waals surface area contributed by atoms with E-state index < -0.39 is 5.97 Å². The summed E-state index contributed by atoms with van der Waals surface area (Å²) in [5, 5.41) is 0.454. The molecule has 1 heterocycles. The second-order valence-corrected chi connectivity index (χ2v) is 4.11. The predicted molar refractivity (Wildman–Crippen MR) is 61.8 cm³/mol. The van der Waals surface area contributed by atoms with E-state index in [0.717, 1.165) is 18.5 Å². The molecule has 1 aliphatic rings. The molecule has 0 atom stereocenters. The van der Waals surface area contributed by atoms with Crippen molar-refractivity contribution in [3.05, 3.63) is 23.0 Å². The third-order valence-electron chi connectivity index (χ3n) is 2.20. The van der Waals surface area contributed by atoms with Crippen molar-refractivity contribution >= 4 is 30.2 Å². The molecule has 0 amide bonds. The molecule has 0 spiro atoms. The third kappa shape index (κ3) is 3.70. The maximum Gasteiger partial charge on any atom is 1.00 e.